The predicted molar refractivity (Wildman–Crippen MR) is 117 cm³/mol. The van der Waals surface area contributed by atoms with E-state index in [9.17, 15) is 0 Å². The number of halogens is 1. The van der Waals surface area contributed by atoms with Crippen molar-refractivity contribution in [3.63, 3.8) is 0 Å². The van der Waals surface area contributed by atoms with Gasteiger partial charge in [-0.15, -0.1) is 29.7 Å². The molecule has 0 radical (unpaired) electrons. The number of nitrogens with zero attached hydrogens (tertiary/aromatic N) is 3. The van der Waals surface area contributed by atoms with E-state index in [0.717, 1.165) is 26.1 Å². The largest absolute Gasteiger partial charge is 0.253 e. The van der Waals surface area contributed by atoms with Crippen LogP contribution in [0.3, 0.4) is 0 Å². The van der Waals surface area contributed by atoms with Gasteiger partial charge in [0.2, 0.25) is 4.80 Å². The molecule has 2 aromatic carbocycles. The highest BCUT2D eigenvalue weighted by Gasteiger charge is 2.07. The summed E-state index contributed by atoms with van der Waals surface area (Å²) in [5, 5.41) is 6.78. The standard InChI is InChI=1S/C20H18BrN3S2/c1-3-11-22-20-24(23-13-15-7-9-18(25-2)10-8-15)19(14-26-20)16-5-4-6-17(21)12-16/h3-10,12-14H,1,11H2,2H3/b22-20?,23-13-. The van der Waals surface area contributed by atoms with Crippen LogP contribution in [0.1, 0.15) is 5.56 Å². The second kappa shape index (κ2) is 9.16. The van der Waals surface area contributed by atoms with Gasteiger partial charge in [0.1, 0.15) is 0 Å². The first-order chi connectivity index (χ1) is 12.7. The number of hydrogen-bond donors (Lipinski definition) is 0. The summed E-state index contributed by atoms with van der Waals surface area (Å²) in [4.78, 5) is 6.65. The van der Waals surface area contributed by atoms with E-state index in [1.165, 1.54) is 4.90 Å². The summed E-state index contributed by atoms with van der Waals surface area (Å²) < 4.78 is 2.92. The summed E-state index contributed by atoms with van der Waals surface area (Å²) in [6.45, 7) is 4.31. The van der Waals surface area contributed by atoms with Crippen molar-refractivity contribution in [1.82, 2.24) is 4.68 Å². The van der Waals surface area contributed by atoms with Gasteiger partial charge in [-0.2, -0.15) is 5.10 Å². The Morgan fingerprint density at radius 2 is 2.04 bits per heavy atom. The average Bonchev–Trinajstić information content (AvgIpc) is 3.08. The van der Waals surface area contributed by atoms with Crippen LogP contribution < -0.4 is 4.80 Å². The van der Waals surface area contributed by atoms with E-state index < -0.39 is 0 Å². The third kappa shape index (κ3) is 4.63. The number of aromatic nitrogens is 1. The van der Waals surface area contributed by atoms with E-state index in [1.54, 1.807) is 29.2 Å². The lowest BCUT2D eigenvalue weighted by Crippen LogP contribution is -2.12. The maximum atomic E-state index is 4.70. The summed E-state index contributed by atoms with van der Waals surface area (Å²) in [6, 6.07) is 16.5. The molecule has 1 heterocycles. The Labute approximate surface area is 170 Å². The number of benzene rings is 2. The van der Waals surface area contributed by atoms with Crippen molar-refractivity contribution in [1.29, 1.82) is 0 Å². The highest BCUT2D eigenvalue weighted by molar-refractivity contribution is 9.10. The Kier molecular flexibility index (Phi) is 6.66. The minimum Gasteiger partial charge on any atom is -0.253 e. The molecule has 0 saturated carbocycles. The van der Waals surface area contributed by atoms with Crippen molar-refractivity contribution in [2.75, 3.05) is 12.8 Å². The molecule has 0 bridgehead atoms. The quantitative estimate of drug-likeness (QED) is 0.274. The SMILES string of the molecule is C=CCN=c1scc(-c2cccc(Br)c2)n1/N=C\c1ccc(SC)cc1. The first-order valence-corrected chi connectivity index (χ1v) is 10.9. The molecule has 0 atom stereocenters. The van der Waals surface area contributed by atoms with E-state index in [0.29, 0.717) is 6.54 Å². The van der Waals surface area contributed by atoms with E-state index in [-0.39, 0.29) is 0 Å². The van der Waals surface area contributed by atoms with Crippen LogP contribution in [0.15, 0.2) is 86.0 Å². The molecule has 0 spiro atoms. The van der Waals surface area contributed by atoms with Crippen LogP contribution in [0, 0.1) is 0 Å². The molecule has 132 valence electrons. The van der Waals surface area contributed by atoms with Crippen LogP contribution in [0.25, 0.3) is 11.3 Å². The van der Waals surface area contributed by atoms with E-state index in [2.05, 4.69) is 75.5 Å². The van der Waals surface area contributed by atoms with Crippen LogP contribution in [0.4, 0.5) is 0 Å². The van der Waals surface area contributed by atoms with Gasteiger partial charge >= 0.3 is 0 Å². The molecule has 0 aliphatic heterocycles. The zero-order chi connectivity index (χ0) is 18.4. The summed E-state index contributed by atoms with van der Waals surface area (Å²) in [5.41, 5.74) is 3.15. The molecule has 0 aliphatic rings. The highest BCUT2D eigenvalue weighted by atomic mass is 79.9. The van der Waals surface area contributed by atoms with Gasteiger partial charge in [-0.25, -0.2) is 4.68 Å². The van der Waals surface area contributed by atoms with Gasteiger partial charge in [-0.05, 0) is 36.1 Å². The van der Waals surface area contributed by atoms with Crippen molar-refractivity contribution in [2.24, 2.45) is 10.1 Å². The predicted octanol–water partition coefficient (Wildman–Crippen LogP) is 5.67. The first-order valence-electron chi connectivity index (χ1n) is 7.97. The van der Waals surface area contributed by atoms with Gasteiger partial charge in [0.25, 0.3) is 0 Å². The second-order valence-electron chi connectivity index (χ2n) is 5.37. The Morgan fingerprint density at radius 1 is 1.23 bits per heavy atom. The van der Waals surface area contributed by atoms with Crippen molar-refractivity contribution in [3.05, 3.63) is 81.4 Å². The summed E-state index contributed by atoms with van der Waals surface area (Å²) >= 11 is 6.84. The fourth-order valence-electron chi connectivity index (χ4n) is 2.32. The fraction of sp³-hybridized carbons (Fsp3) is 0.100. The molecule has 0 amide bonds. The van der Waals surface area contributed by atoms with Crippen LogP contribution in [-0.2, 0) is 0 Å². The molecular weight excluding hydrogens is 426 g/mol. The van der Waals surface area contributed by atoms with Crippen LogP contribution in [0.5, 0.6) is 0 Å². The molecular formula is C20H18BrN3S2. The van der Waals surface area contributed by atoms with E-state index in [1.807, 2.05) is 23.0 Å². The van der Waals surface area contributed by atoms with Crippen LogP contribution in [-0.4, -0.2) is 23.7 Å². The monoisotopic (exact) mass is 443 g/mol. The number of hydrogen-bond acceptors (Lipinski definition) is 4. The minimum atomic E-state index is 0.566. The Hall–Kier alpha value is -1.89. The maximum absolute atomic E-state index is 4.70. The Morgan fingerprint density at radius 3 is 2.73 bits per heavy atom. The molecule has 0 fully saturated rings. The van der Waals surface area contributed by atoms with E-state index in [4.69, 9.17) is 5.10 Å². The molecule has 3 nitrogen and oxygen atoms in total. The lowest BCUT2D eigenvalue weighted by Gasteiger charge is -2.04. The molecule has 3 aromatic rings. The third-order valence-electron chi connectivity index (χ3n) is 3.60. The van der Waals surface area contributed by atoms with Crippen molar-refractivity contribution >= 4 is 45.2 Å². The third-order valence-corrected chi connectivity index (χ3v) is 5.69. The van der Waals surface area contributed by atoms with Gasteiger partial charge < -0.3 is 0 Å². The van der Waals surface area contributed by atoms with Crippen LogP contribution in [0.2, 0.25) is 0 Å². The maximum Gasteiger partial charge on any atom is 0.206 e. The summed E-state index contributed by atoms with van der Waals surface area (Å²) in [5.74, 6) is 0. The molecule has 26 heavy (non-hydrogen) atoms. The zero-order valence-corrected chi connectivity index (χ0v) is 17.5. The molecule has 1 aromatic heterocycles. The molecule has 3 rings (SSSR count). The van der Waals surface area contributed by atoms with Crippen LogP contribution >= 0.6 is 39.0 Å². The first kappa shape index (κ1) is 18.9. The molecule has 0 unspecified atom stereocenters. The molecule has 0 N–H and O–H groups in total. The highest BCUT2D eigenvalue weighted by Crippen LogP contribution is 2.23. The van der Waals surface area contributed by atoms with Gasteiger partial charge in [-0.1, -0.05) is 46.3 Å². The Balaban J connectivity index is 2.03. The Bertz CT molecular complexity index is 985. The lowest BCUT2D eigenvalue weighted by molar-refractivity contribution is 0.840. The van der Waals surface area contributed by atoms with Crippen molar-refractivity contribution < 1.29 is 0 Å². The lowest BCUT2D eigenvalue weighted by atomic mass is 10.2. The van der Waals surface area contributed by atoms with Crippen molar-refractivity contribution in [2.45, 2.75) is 4.90 Å². The average molecular weight is 444 g/mol. The number of thiazole rings is 1. The molecule has 6 heteroatoms. The van der Waals surface area contributed by atoms with Gasteiger partial charge in [-0.3, -0.25) is 4.99 Å². The van der Waals surface area contributed by atoms with Gasteiger partial charge in [0.05, 0.1) is 18.5 Å². The minimum absolute atomic E-state index is 0.566. The topological polar surface area (TPSA) is 29.6 Å². The summed E-state index contributed by atoms with van der Waals surface area (Å²) in [7, 11) is 0. The molecule has 0 saturated heterocycles. The second-order valence-corrected chi connectivity index (χ2v) is 8.00. The number of thioether (sulfide) groups is 1. The van der Waals surface area contributed by atoms with Gasteiger partial charge in [0.15, 0.2) is 0 Å². The molecule has 0 aliphatic carbocycles. The number of rotatable bonds is 6. The fourth-order valence-corrected chi connectivity index (χ4v) is 3.98. The smallest absolute Gasteiger partial charge is 0.206 e. The summed E-state index contributed by atoms with van der Waals surface area (Å²) in [6.07, 6.45) is 5.72. The normalized spacial score (nSPS) is 12.0. The zero-order valence-electron chi connectivity index (χ0n) is 14.3. The van der Waals surface area contributed by atoms with E-state index >= 15 is 0 Å². The van der Waals surface area contributed by atoms with Crippen molar-refractivity contribution in [3.8, 4) is 11.3 Å². The van der Waals surface area contributed by atoms with Gasteiger partial charge in [0, 0.05) is 20.3 Å².